The van der Waals surface area contributed by atoms with Gasteiger partial charge in [0.1, 0.15) is 0 Å². The van der Waals surface area contributed by atoms with Gasteiger partial charge < -0.3 is 10.2 Å². The highest BCUT2D eigenvalue weighted by Crippen LogP contribution is 2.17. The summed E-state index contributed by atoms with van der Waals surface area (Å²) in [6, 6.07) is 3.77. The van der Waals surface area contributed by atoms with Crippen molar-refractivity contribution in [3.05, 3.63) is 54.0 Å². The van der Waals surface area contributed by atoms with E-state index in [1.54, 1.807) is 35.6 Å². The molecule has 1 aromatic rings. The lowest BCUT2D eigenvalue weighted by molar-refractivity contribution is -0.117. The van der Waals surface area contributed by atoms with Crippen molar-refractivity contribution in [2.24, 2.45) is 4.40 Å². The standard InChI is InChI=1S/C15H16N4O3S/c20-15(17-7-5-12-3-1-6-16-11-12)13-4-2-8-19-9-10-23(21,22)18-14(13)19/h1-4,6,8,11H,5,7,9-10H2,(H,17,20). The Morgan fingerprint density at radius 2 is 2.26 bits per heavy atom. The quantitative estimate of drug-likeness (QED) is 0.853. The summed E-state index contributed by atoms with van der Waals surface area (Å²) < 4.78 is 27.1. The number of aromatic nitrogens is 1. The number of amides is 1. The van der Waals surface area contributed by atoms with Crippen molar-refractivity contribution in [1.82, 2.24) is 15.2 Å². The molecule has 0 fully saturated rings. The highest BCUT2D eigenvalue weighted by atomic mass is 32.2. The molecule has 0 saturated carbocycles. The molecule has 0 radical (unpaired) electrons. The zero-order valence-corrected chi connectivity index (χ0v) is 13.2. The van der Waals surface area contributed by atoms with Crippen LogP contribution in [-0.4, -0.2) is 48.9 Å². The largest absolute Gasteiger partial charge is 0.352 e. The van der Waals surface area contributed by atoms with E-state index in [0.29, 0.717) is 19.5 Å². The maximum atomic E-state index is 12.3. The summed E-state index contributed by atoms with van der Waals surface area (Å²) in [6.45, 7) is 0.740. The number of pyridine rings is 1. The number of hydrogen-bond acceptors (Lipinski definition) is 5. The van der Waals surface area contributed by atoms with Gasteiger partial charge in [-0.1, -0.05) is 6.07 Å². The van der Waals surface area contributed by atoms with Gasteiger partial charge in [0.05, 0.1) is 11.3 Å². The molecule has 23 heavy (non-hydrogen) atoms. The van der Waals surface area contributed by atoms with Gasteiger partial charge >= 0.3 is 0 Å². The minimum Gasteiger partial charge on any atom is -0.352 e. The molecule has 1 aromatic heterocycles. The highest BCUT2D eigenvalue weighted by Gasteiger charge is 2.29. The molecule has 3 rings (SSSR count). The second-order valence-electron chi connectivity index (χ2n) is 5.18. The van der Waals surface area contributed by atoms with Crippen LogP contribution >= 0.6 is 0 Å². The molecule has 0 unspecified atom stereocenters. The third-order valence-corrected chi connectivity index (χ3v) is 4.67. The highest BCUT2D eigenvalue weighted by molar-refractivity contribution is 7.90. The van der Waals surface area contributed by atoms with Crippen LogP contribution in [0, 0.1) is 0 Å². The molecular weight excluding hydrogens is 316 g/mol. The van der Waals surface area contributed by atoms with E-state index in [4.69, 9.17) is 0 Å². The third kappa shape index (κ3) is 3.65. The topological polar surface area (TPSA) is 91.7 Å². The molecule has 2 aliphatic heterocycles. The summed E-state index contributed by atoms with van der Waals surface area (Å²) in [5, 5.41) is 2.79. The number of amidine groups is 1. The summed E-state index contributed by atoms with van der Waals surface area (Å²) in [5.41, 5.74) is 1.28. The predicted octanol–water partition coefficient (Wildman–Crippen LogP) is 0.238. The number of carbonyl (C=O) groups excluding carboxylic acids is 1. The summed E-state index contributed by atoms with van der Waals surface area (Å²) in [4.78, 5) is 18.0. The van der Waals surface area contributed by atoms with E-state index in [1.165, 1.54) is 0 Å². The maximum absolute atomic E-state index is 12.3. The van der Waals surface area contributed by atoms with Gasteiger partial charge in [0.25, 0.3) is 15.9 Å². The molecular formula is C15H16N4O3S. The van der Waals surface area contributed by atoms with E-state index in [1.807, 2.05) is 12.1 Å². The first-order valence-electron chi connectivity index (χ1n) is 7.20. The number of nitrogens with zero attached hydrogens (tertiary/aromatic N) is 3. The van der Waals surface area contributed by atoms with Crippen LogP contribution in [0.5, 0.6) is 0 Å². The van der Waals surface area contributed by atoms with Gasteiger partial charge in [0.2, 0.25) is 0 Å². The zero-order chi connectivity index (χ0) is 16.3. The van der Waals surface area contributed by atoms with Crippen molar-refractivity contribution in [2.75, 3.05) is 18.8 Å². The molecule has 1 amide bonds. The van der Waals surface area contributed by atoms with Crippen molar-refractivity contribution >= 4 is 21.8 Å². The van der Waals surface area contributed by atoms with E-state index in [9.17, 15) is 13.2 Å². The van der Waals surface area contributed by atoms with E-state index >= 15 is 0 Å². The second kappa shape index (κ2) is 6.33. The van der Waals surface area contributed by atoms with Crippen molar-refractivity contribution in [3.8, 4) is 0 Å². The minimum atomic E-state index is -3.50. The fourth-order valence-corrected chi connectivity index (χ4v) is 3.34. The molecule has 0 spiro atoms. The number of sulfonamides is 1. The molecule has 0 atom stereocenters. The Morgan fingerprint density at radius 1 is 1.39 bits per heavy atom. The lowest BCUT2D eigenvalue weighted by Gasteiger charge is -2.28. The number of fused-ring (bicyclic) bond motifs is 1. The van der Waals surface area contributed by atoms with E-state index in [-0.39, 0.29) is 23.1 Å². The average Bonchev–Trinajstić information content (AvgIpc) is 2.54. The lowest BCUT2D eigenvalue weighted by atomic mass is 10.1. The van der Waals surface area contributed by atoms with Crippen LogP contribution in [0.25, 0.3) is 0 Å². The summed E-state index contributed by atoms with van der Waals surface area (Å²) in [7, 11) is -3.50. The average molecular weight is 332 g/mol. The Bertz CT molecular complexity index is 797. The molecule has 7 nitrogen and oxygen atoms in total. The Labute approximate surface area is 134 Å². The molecule has 0 aliphatic carbocycles. The van der Waals surface area contributed by atoms with Crippen LogP contribution in [0.4, 0.5) is 0 Å². The van der Waals surface area contributed by atoms with Gasteiger partial charge in [0, 0.05) is 31.7 Å². The van der Waals surface area contributed by atoms with Crippen molar-refractivity contribution in [3.63, 3.8) is 0 Å². The molecule has 1 N–H and O–H groups in total. The molecule has 3 heterocycles. The molecule has 120 valence electrons. The fraction of sp³-hybridized carbons (Fsp3) is 0.267. The third-order valence-electron chi connectivity index (χ3n) is 3.52. The van der Waals surface area contributed by atoms with Gasteiger partial charge in [-0.25, -0.2) is 8.42 Å². The molecule has 0 bridgehead atoms. The van der Waals surface area contributed by atoms with Gasteiger partial charge in [-0.3, -0.25) is 9.78 Å². The van der Waals surface area contributed by atoms with E-state index in [2.05, 4.69) is 14.7 Å². The summed E-state index contributed by atoms with van der Waals surface area (Å²) in [6.07, 6.45) is 9.10. The number of allylic oxidation sites excluding steroid dienone is 2. The summed E-state index contributed by atoms with van der Waals surface area (Å²) >= 11 is 0. The van der Waals surface area contributed by atoms with Gasteiger partial charge in [-0.15, -0.1) is 4.40 Å². The SMILES string of the molecule is O=C(NCCc1cccnc1)C1=CC=CN2CCS(=O)(=O)N=C12. The first kappa shape index (κ1) is 15.4. The first-order chi connectivity index (χ1) is 11.1. The Hall–Kier alpha value is -2.48. The molecule has 0 saturated heterocycles. The van der Waals surface area contributed by atoms with Crippen LogP contribution in [0.3, 0.4) is 0 Å². The van der Waals surface area contributed by atoms with Gasteiger partial charge in [0.15, 0.2) is 5.84 Å². The van der Waals surface area contributed by atoms with Crippen LogP contribution in [0.15, 0.2) is 52.8 Å². The van der Waals surface area contributed by atoms with Crippen LogP contribution in [-0.2, 0) is 21.2 Å². The smallest absolute Gasteiger partial charge is 0.256 e. The van der Waals surface area contributed by atoms with E-state index < -0.39 is 10.0 Å². The Morgan fingerprint density at radius 3 is 3.04 bits per heavy atom. The number of carbonyl (C=O) groups is 1. The van der Waals surface area contributed by atoms with Crippen molar-refractivity contribution < 1.29 is 13.2 Å². The monoisotopic (exact) mass is 332 g/mol. The number of hydrogen-bond donors (Lipinski definition) is 1. The first-order valence-corrected chi connectivity index (χ1v) is 8.81. The Balaban J connectivity index is 1.68. The molecule has 2 aliphatic rings. The molecule has 8 heteroatoms. The minimum absolute atomic E-state index is 0.0449. The zero-order valence-electron chi connectivity index (χ0n) is 12.3. The summed E-state index contributed by atoms with van der Waals surface area (Å²) in [5.74, 6) is -0.187. The van der Waals surface area contributed by atoms with Crippen LogP contribution in [0.2, 0.25) is 0 Å². The maximum Gasteiger partial charge on any atom is 0.256 e. The number of nitrogens with one attached hydrogen (secondary N) is 1. The van der Waals surface area contributed by atoms with Crippen LogP contribution < -0.4 is 5.32 Å². The fourth-order valence-electron chi connectivity index (χ4n) is 2.35. The predicted molar refractivity (Wildman–Crippen MR) is 86.1 cm³/mol. The van der Waals surface area contributed by atoms with Gasteiger partial charge in [-0.05, 0) is 30.2 Å². The normalized spacial score (nSPS) is 18.7. The molecule has 0 aromatic carbocycles. The van der Waals surface area contributed by atoms with E-state index in [0.717, 1.165) is 5.56 Å². The van der Waals surface area contributed by atoms with Gasteiger partial charge in [-0.2, -0.15) is 0 Å². The van der Waals surface area contributed by atoms with Crippen LogP contribution in [0.1, 0.15) is 5.56 Å². The Kier molecular flexibility index (Phi) is 4.24. The van der Waals surface area contributed by atoms with Crippen molar-refractivity contribution in [1.29, 1.82) is 0 Å². The second-order valence-corrected chi connectivity index (χ2v) is 6.94. The number of rotatable bonds is 4. The van der Waals surface area contributed by atoms with Crippen molar-refractivity contribution in [2.45, 2.75) is 6.42 Å². The lowest BCUT2D eigenvalue weighted by Crippen LogP contribution is -2.42.